The van der Waals surface area contributed by atoms with Crippen LogP contribution in [0.5, 0.6) is 5.75 Å². The molecule has 0 spiro atoms. The fourth-order valence-corrected chi connectivity index (χ4v) is 6.70. The molecule has 47 heavy (non-hydrogen) atoms. The van der Waals surface area contributed by atoms with E-state index in [2.05, 4.69) is 21.2 Å². The second-order valence-electron chi connectivity index (χ2n) is 11.4. The number of carbonyl (C=O) groups is 2. The van der Waals surface area contributed by atoms with Crippen molar-refractivity contribution < 1.29 is 22.7 Å². The first-order chi connectivity index (χ1) is 22.5. The smallest absolute Gasteiger partial charge is 0.264 e. The number of amides is 2. The van der Waals surface area contributed by atoms with Gasteiger partial charge in [-0.1, -0.05) is 83.0 Å². The van der Waals surface area contributed by atoms with Gasteiger partial charge in [-0.05, 0) is 86.8 Å². The molecule has 248 valence electrons. The van der Waals surface area contributed by atoms with E-state index in [0.717, 1.165) is 25.5 Å². The highest BCUT2D eigenvalue weighted by molar-refractivity contribution is 9.10. The van der Waals surface area contributed by atoms with Gasteiger partial charge in [0.2, 0.25) is 11.8 Å². The number of halogens is 1. The Morgan fingerprint density at radius 3 is 2.09 bits per heavy atom. The van der Waals surface area contributed by atoms with E-state index in [9.17, 15) is 18.0 Å². The van der Waals surface area contributed by atoms with Gasteiger partial charge < -0.3 is 15.0 Å². The topological polar surface area (TPSA) is 96.0 Å². The average Bonchev–Trinajstić information content (AvgIpc) is 3.07. The minimum Gasteiger partial charge on any atom is -0.494 e. The first-order valence-corrected chi connectivity index (χ1v) is 18.0. The van der Waals surface area contributed by atoms with Crippen LogP contribution in [-0.2, 0) is 32.6 Å². The standard InChI is InChI=1S/C37H42BrN3O5S/c1-5-28(4)39-37(43)35(24-29-10-8-7-9-11-29)40(25-30-14-16-31(38)17-15-30)36(42)26-41(32-18-20-33(21-19-32)46-6-2)47(44,45)34-22-12-27(3)13-23-34/h7-23,28,35H,5-6,24-26H2,1-4H3,(H,39,43)/t28-,35+/m1/s1. The molecule has 0 aliphatic rings. The number of sulfonamides is 1. The summed E-state index contributed by atoms with van der Waals surface area (Å²) in [6, 6.07) is 29.1. The van der Waals surface area contributed by atoms with Crippen LogP contribution in [-0.4, -0.2) is 50.4 Å². The second-order valence-corrected chi connectivity index (χ2v) is 14.2. The van der Waals surface area contributed by atoms with Gasteiger partial charge in [0.25, 0.3) is 10.0 Å². The van der Waals surface area contributed by atoms with Crippen LogP contribution in [0.25, 0.3) is 0 Å². The second kappa shape index (κ2) is 16.6. The number of benzene rings is 4. The minimum atomic E-state index is -4.19. The van der Waals surface area contributed by atoms with Gasteiger partial charge in [-0.3, -0.25) is 13.9 Å². The largest absolute Gasteiger partial charge is 0.494 e. The Hall–Kier alpha value is -4.15. The summed E-state index contributed by atoms with van der Waals surface area (Å²) < 4.78 is 36.0. The van der Waals surface area contributed by atoms with Crippen molar-refractivity contribution in [2.24, 2.45) is 0 Å². The van der Waals surface area contributed by atoms with Gasteiger partial charge >= 0.3 is 0 Å². The number of hydrogen-bond donors (Lipinski definition) is 1. The number of hydrogen-bond acceptors (Lipinski definition) is 5. The van der Waals surface area contributed by atoms with Crippen molar-refractivity contribution in [3.05, 3.63) is 124 Å². The number of rotatable bonds is 15. The average molecular weight is 721 g/mol. The molecule has 1 N–H and O–H groups in total. The first kappa shape index (κ1) is 35.7. The number of ether oxygens (including phenoxy) is 1. The molecule has 4 aromatic rings. The van der Waals surface area contributed by atoms with E-state index in [4.69, 9.17) is 4.74 Å². The van der Waals surface area contributed by atoms with Crippen LogP contribution in [0.3, 0.4) is 0 Å². The molecule has 0 aromatic heterocycles. The fraction of sp³-hybridized carbons (Fsp3) is 0.297. The molecule has 8 nitrogen and oxygen atoms in total. The van der Waals surface area contributed by atoms with Gasteiger partial charge in [-0.15, -0.1) is 0 Å². The lowest BCUT2D eigenvalue weighted by Crippen LogP contribution is -2.54. The highest BCUT2D eigenvalue weighted by Crippen LogP contribution is 2.27. The van der Waals surface area contributed by atoms with E-state index in [1.165, 1.54) is 17.0 Å². The van der Waals surface area contributed by atoms with Gasteiger partial charge in [-0.2, -0.15) is 0 Å². The zero-order chi connectivity index (χ0) is 34.0. The molecule has 2 atom stereocenters. The maximum absolute atomic E-state index is 14.6. The Balaban J connectivity index is 1.80. The molecule has 0 aliphatic heterocycles. The summed E-state index contributed by atoms with van der Waals surface area (Å²) in [4.78, 5) is 30.1. The Bertz CT molecular complexity index is 1720. The van der Waals surface area contributed by atoms with Crippen molar-refractivity contribution in [3.63, 3.8) is 0 Å². The van der Waals surface area contributed by atoms with Crippen molar-refractivity contribution in [3.8, 4) is 5.75 Å². The van der Waals surface area contributed by atoms with Crippen LogP contribution in [0.1, 0.15) is 43.9 Å². The monoisotopic (exact) mass is 719 g/mol. The lowest BCUT2D eigenvalue weighted by Gasteiger charge is -2.34. The predicted molar refractivity (Wildman–Crippen MR) is 190 cm³/mol. The highest BCUT2D eigenvalue weighted by atomic mass is 79.9. The number of carbonyl (C=O) groups excluding carboxylic acids is 2. The van der Waals surface area contributed by atoms with Gasteiger partial charge in [-0.25, -0.2) is 8.42 Å². The number of anilines is 1. The molecule has 2 amide bonds. The summed E-state index contributed by atoms with van der Waals surface area (Å²) in [6.45, 7) is 7.66. The van der Waals surface area contributed by atoms with E-state index in [1.54, 1.807) is 36.4 Å². The Kier molecular flexibility index (Phi) is 12.6. The van der Waals surface area contributed by atoms with Crippen molar-refractivity contribution in [2.45, 2.75) is 64.1 Å². The van der Waals surface area contributed by atoms with Crippen LogP contribution in [0.2, 0.25) is 0 Å². The van der Waals surface area contributed by atoms with Crippen LogP contribution < -0.4 is 14.4 Å². The number of aryl methyl sites for hydroxylation is 1. The third-order valence-corrected chi connectivity index (χ3v) is 10.2. The molecule has 4 rings (SSSR count). The molecule has 0 bridgehead atoms. The van der Waals surface area contributed by atoms with Crippen LogP contribution in [0.4, 0.5) is 5.69 Å². The van der Waals surface area contributed by atoms with Gasteiger partial charge in [0, 0.05) is 23.5 Å². The molecule has 0 saturated carbocycles. The zero-order valence-corrected chi connectivity index (χ0v) is 29.6. The SMILES string of the molecule is CCOc1ccc(N(CC(=O)N(Cc2ccc(Br)cc2)[C@@H](Cc2ccccc2)C(=O)N[C@H](C)CC)S(=O)(=O)c2ccc(C)cc2)cc1. The zero-order valence-electron chi connectivity index (χ0n) is 27.2. The quantitative estimate of drug-likeness (QED) is 0.144. The van der Waals surface area contributed by atoms with Gasteiger partial charge in [0.15, 0.2) is 0 Å². The summed E-state index contributed by atoms with van der Waals surface area (Å²) in [5.74, 6) is -0.239. The van der Waals surface area contributed by atoms with Crippen LogP contribution >= 0.6 is 15.9 Å². The van der Waals surface area contributed by atoms with E-state index in [0.29, 0.717) is 24.5 Å². The minimum absolute atomic E-state index is 0.0552. The van der Waals surface area contributed by atoms with Crippen LogP contribution in [0.15, 0.2) is 112 Å². The molecule has 0 heterocycles. The lowest BCUT2D eigenvalue weighted by atomic mass is 10.0. The van der Waals surface area contributed by atoms with Gasteiger partial charge in [0.05, 0.1) is 17.2 Å². The van der Waals surface area contributed by atoms with E-state index in [-0.39, 0.29) is 29.8 Å². The summed E-state index contributed by atoms with van der Waals surface area (Å²) >= 11 is 3.47. The van der Waals surface area contributed by atoms with Gasteiger partial charge in [0.1, 0.15) is 18.3 Å². The predicted octanol–water partition coefficient (Wildman–Crippen LogP) is 6.91. The molecule has 0 fully saturated rings. The molecule has 0 unspecified atom stereocenters. The highest BCUT2D eigenvalue weighted by Gasteiger charge is 2.35. The maximum atomic E-state index is 14.6. The third-order valence-electron chi connectivity index (χ3n) is 7.86. The molecule has 10 heteroatoms. The van der Waals surface area contributed by atoms with Crippen molar-refractivity contribution in [1.29, 1.82) is 0 Å². The van der Waals surface area contributed by atoms with Crippen molar-refractivity contribution >= 4 is 43.5 Å². The normalized spacial score (nSPS) is 12.5. The molecule has 0 saturated heterocycles. The number of nitrogens with one attached hydrogen (secondary N) is 1. The maximum Gasteiger partial charge on any atom is 0.264 e. The van der Waals surface area contributed by atoms with E-state index < -0.39 is 28.5 Å². The first-order valence-electron chi connectivity index (χ1n) is 15.7. The Labute approximate surface area is 286 Å². The van der Waals surface area contributed by atoms with Crippen molar-refractivity contribution in [2.75, 3.05) is 17.5 Å². The summed E-state index contributed by atoms with van der Waals surface area (Å²) in [6.07, 6.45) is 0.962. The lowest BCUT2D eigenvalue weighted by molar-refractivity contribution is -0.140. The summed E-state index contributed by atoms with van der Waals surface area (Å²) in [5, 5.41) is 3.06. The Morgan fingerprint density at radius 1 is 0.851 bits per heavy atom. The summed E-state index contributed by atoms with van der Waals surface area (Å²) in [5.41, 5.74) is 2.88. The molecule has 0 radical (unpaired) electrons. The molecule has 4 aromatic carbocycles. The van der Waals surface area contributed by atoms with Crippen molar-refractivity contribution in [1.82, 2.24) is 10.2 Å². The van der Waals surface area contributed by atoms with E-state index in [1.807, 2.05) is 82.3 Å². The third kappa shape index (κ3) is 9.68. The Morgan fingerprint density at radius 2 is 1.49 bits per heavy atom. The van der Waals surface area contributed by atoms with E-state index >= 15 is 0 Å². The van der Waals surface area contributed by atoms with Crippen LogP contribution in [0, 0.1) is 6.92 Å². The molecular weight excluding hydrogens is 678 g/mol. The molecular formula is C37H42BrN3O5S. The summed E-state index contributed by atoms with van der Waals surface area (Å²) in [7, 11) is -4.19. The number of nitrogens with zero attached hydrogens (tertiary/aromatic N) is 2. The fourth-order valence-electron chi connectivity index (χ4n) is 5.02. The molecule has 0 aliphatic carbocycles.